The lowest BCUT2D eigenvalue weighted by Crippen LogP contribution is -2.35. The lowest BCUT2D eigenvalue weighted by atomic mass is 10.1. The Morgan fingerprint density at radius 3 is 2.68 bits per heavy atom. The van der Waals surface area contributed by atoms with Gasteiger partial charge < -0.3 is 19.0 Å². The number of fused-ring (bicyclic) bond motifs is 1. The molecule has 0 radical (unpaired) electrons. The van der Waals surface area contributed by atoms with Crippen LogP contribution in [0.2, 0.25) is 0 Å². The Bertz CT molecular complexity index is 1340. The normalized spacial score (nSPS) is 14.0. The molecule has 0 atom stereocenters. The van der Waals surface area contributed by atoms with Gasteiger partial charge in [-0.3, -0.25) is 4.79 Å². The topological polar surface area (TPSA) is 82.6 Å². The molecule has 5 rings (SSSR count). The van der Waals surface area contributed by atoms with Crippen molar-refractivity contribution in [2.75, 3.05) is 31.1 Å². The van der Waals surface area contributed by atoms with E-state index in [9.17, 15) is 10.1 Å². The molecule has 0 spiro atoms. The van der Waals surface area contributed by atoms with Gasteiger partial charge in [-0.25, -0.2) is 4.98 Å². The van der Waals surface area contributed by atoms with Crippen LogP contribution >= 0.6 is 0 Å². The maximum absolute atomic E-state index is 13.6. The number of carbonyl (C=O) groups excluding carboxylic acids is 1. The summed E-state index contributed by atoms with van der Waals surface area (Å²) in [6, 6.07) is 22.9. The molecule has 7 heteroatoms. The van der Waals surface area contributed by atoms with Crippen LogP contribution < -0.4 is 9.64 Å². The van der Waals surface area contributed by atoms with Crippen LogP contribution in [0.5, 0.6) is 5.75 Å². The number of anilines is 1. The Labute approximate surface area is 197 Å². The Morgan fingerprint density at radius 2 is 1.82 bits per heavy atom. The predicted octanol–water partition coefficient (Wildman–Crippen LogP) is 4.63. The molecule has 2 aromatic heterocycles. The fraction of sp³-hybridized carbons (Fsp3) is 0.222. The number of carbonyl (C=O) groups is 1. The number of benzene rings is 2. The fourth-order valence-electron chi connectivity index (χ4n) is 4.30. The van der Waals surface area contributed by atoms with Gasteiger partial charge in [0.2, 0.25) is 0 Å². The number of nitrogens with zero attached hydrogens (tertiary/aromatic N) is 4. The molecule has 0 bridgehead atoms. The van der Waals surface area contributed by atoms with E-state index in [-0.39, 0.29) is 12.5 Å². The molecule has 7 nitrogen and oxygen atoms in total. The highest BCUT2D eigenvalue weighted by Crippen LogP contribution is 2.29. The number of aromatic nitrogens is 1. The number of furan rings is 1. The standard InChI is InChI=1S/C27H24N4O3/c28-18-20-8-6-13-29-26(20)30-14-7-15-31(17-16-30)27(32)25-23(19-33-21-9-2-1-3-10-21)22-11-4-5-12-24(22)34-25/h1-6,8-13H,7,14-17,19H2. The van der Waals surface area contributed by atoms with Crippen LogP contribution in [0, 0.1) is 11.3 Å². The highest BCUT2D eigenvalue weighted by molar-refractivity contribution is 5.99. The van der Waals surface area contributed by atoms with Crippen LogP contribution in [0.1, 0.15) is 28.1 Å². The number of para-hydroxylation sites is 2. The first kappa shape index (κ1) is 21.5. The molecule has 2 aromatic carbocycles. The van der Waals surface area contributed by atoms with Crippen molar-refractivity contribution < 1.29 is 13.9 Å². The number of pyridine rings is 1. The average molecular weight is 453 g/mol. The van der Waals surface area contributed by atoms with Gasteiger partial charge >= 0.3 is 0 Å². The van der Waals surface area contributed by atoms with Crippen LogP contribution in [-0.2, 0) is 6.61 Å². The molecule has 1 amide bonds. The highest BCUT2D eigenvalue weighted by Gasteiger charge is 2.28. The molecule has 0 saturated carbocycles. The Morgan fingerprint density at radius 1 is 1.00 bits per heavy atom. The minimum Gasteiger partial charge on any atom is -0.489 e. The van der Waals surface area contributed by atoms with Crippen molar-refractivity contribution in [3.05, 3.63) is 89.8 Å². The molecule has 3 heterocycles. The third kappa shape index (κ3) is 4.30. The predicted molar refractivity (Wildman–Crippen MR) is 129 cm³/mol. The molecular weight excluding hydrogens is 428 g/mol. The maximum Gasteiger partial charge on any atom is 0.290 e. The second-order valence-corrected chi connectivity index (χ2v) is 8.13. The molecule has 0 unspecified atom stereocenters. The second kappa shape index (κ2) is 9.67. The smallest absolute Gasteiger partial charge is 0.290 e. The van der Waals surface area contributed by atoms with E-state index in [1.165, 1.54) is 0 Å². The van der Waals surface area contributed by atoms with Gasteiger partial charge in [0.1, 0.15) is 29.8 Å². The SMILES string of the molecule is N#Cc1cccnc1N1CCCN(C(=O)c2oc3ccccc3c2COc2ccccc2)CC1. The molecule has 170 valence electrons. The van der Waals surface area contributed by atoms with E-state index in [2.05, 4.69) is 16.0 Å². The van der Waals surface area contributed by atoms with Crippen molar-refractivity contribution in [3.8, 4) is 11.8 Å². The van der Waals surface area contributed by atoms with E-state index in [0.29, 0.717) is 42.4 Å². The van der Waals surface area contributed by atoms with Gasteiger partial charge in [-0.2, -0.15) is 5.26 Å². The largest absolute Gasteiger partial charge is 0.489 e. The lowest BCUT2D eigenvalue weighted by molar-refractivity contribution is 0.0733. The molecule has 1 fully saturated rings. The monoisotopic (exact) mass is 452 g/mol. The number of ether oxygens (including phenoxy) is 1. The van der Waals surface area contributed by atoms with Gasteiger partial charge in [-0.15, -0.1) is 0 Å². The lowest BCUT2D eigenvalue weighted by Gasteiger charge is -2.23. The van der Waals surface area contributed by atoms with Crippen molar-refractivity contribution in [1.82, 2.24) is 9.88 Å². The summed E-state index contributed by atoms with van der Waals surface area (Å²) in [6.45, 7) is 2.66. The zero-order valence-electron chi connectivity index (χ0n) is 18.7. The molecular formula is C27H24N4O3. The van der Waals surface area contributed by atoms with Crippen LogP contribution in [0.15, 0.2) is 77.3 Å². The second-order valence-electron chi connectivity index (χ2n) is 8.13. The van der Waals surface area contributed by atoms with Gasteiger partial charge in [-0.1, -0.05) is 36.4 Å². The average Bonchev–Trinajstić information content (AvgIpc) is 3.08. The van der Waals surface area contributed by atoms with E-state index < -0.39 is 0 Å². The molecule has 0 aliphatic carbocycles. The summed E-state index contributed by atoms with van der Waals surface area (Å²) < 4.78 is 12.0. The van der Waals surface area contributed by atoms with E-state index in [1.54, 1.807) is 18.3 Å². The Kier molecular flexibility index (Phi) is 6.13. The Hall–Kier alpha value is -4.31. The molecule has 1 aliphatic heterocycles. The first-order valence-corrected chi connectivity index (χ1v) is 11.3. The number of rotatable bonds is 5. The summed E-state index contributed by atoms with van der Waals surface area (Å²) in [5.41, 5.74) is 1.96. The number of hydrogen-bond donors (Lipinski definition) is 0. The summed E-state index contributed by atoms with van der Waals surface area (Å²) in [4.78, 5) is 21.9. The van der Waals surface area contributed by atoms with Gasteiger partial charge in [0.05, 0.1) is 5.56 Å². The number of nitriles is 1. The van der Waals surface area contributed by atoms with Crippen molar-refractivity contribution >= 4 is 22.7 Å². The van der Waals surface area contributed by atoms with E-state index in [1.807, 2.05) is 59.5 Å². The third-order valence-corrected chi connectivity index (χ3v) is 6.01. The van der Waals surface area contributed by atoms with Crippen molar-refractivity contribution in [3.63, 3.8) is 0 Å². The summed E-state index contributed by atoms with van der Waals surface area (Å²) in [5.74, 6) is 1.58. The van der Waals surface area contributed by atoms with E-state index in [0.717, 1.165) is 29.7 Å². The fourth-order valence-corrected chi connectivity index (χ4v) is 4.30. The summed E-state index contributed by atoms with van der Waals surface area (Å²) in [6.07, 6.45) is 2.46. The van der Waals surface area contributed by atoms with Crippen LogP contribution in [0.4, 0.5) is 5.82 Å². The quantitative estimate of drug-likeness (QED) is 0.439. The zero-order chi connectivity index (χ0) is 23.3. The summed E-state index contributed by atoms with van der Waals surface area (Å²) in [7, 11) is 0. The number of amides is 1. The molecule has 34 heavy (non-hydrogen) atoms. The van der Waals surface area contributed by atoms with Crippen LogP contribution in [-0.4, -0.2) is 42.0 Å². The first-order valence-electron chi connectivity index (χ1n) is 11.3. The van der Waals surface area contributed by atoms with Crippen LogP contribution in [0.25, 0.3) is 11.0 Å². The minimum atomic E-state index is -0.147. The van der Waals surface area contributed by atoms with Gasteiger partial charge in [0.15, 0.2) is 5.76 Å². The molecule has 0 N–H and O–H groups in total. The molecule has 1 aliphatic rings. The van der Waals surface area contributed by atoms with Gasteiger partial charge in [0, 0.05) is 43.3 Å². The third-order valence-electron chi connectivity index (χ3n) is 6.01. The number of hydrogen-bond acceptors (Lipinski definition) is 6. The maximum atomic E-state index is 13.6. The van der Waals surface area contributed by atoms with E-state index >= 15 is 0 Å². The summed E-state index contributed by atoms with van der Waals surface area (Å²) >= 11 is 0. The Balaban J connectivity index is 1.38. The first-order chi connectivity index (χ1) is 16.7. The van der Waals surface area contributed by atoms with Crippen molar-refractivity contribution in [2.24, 2.45) is 0 Å². The summed E-state index contributed by atoms with van der Waals surface area (Å²) in [5, 5.41) is 10.3. The zero-order valence-corrected chi connectivity index (χ0v) is 18.7. The highest BCUT2D eigenvalue weighted by atomic mass is 16.5. The molecule has 1 saturated heterocycles. The van der Waals surface area contributed by atoms with Gasteiger partial charge in [0.25, 0.3) is 5.91 Å². The van der Waals surface area contributed by atoms with E-state index in [4.69, 9.17) is 9.15 Å². The van der Waals surface area contributed by atoms with Crippen molar-refractivity contribution in [2.45, 2.75) is 13.0 Å². The van der Waals surface area contributed by atoms with Crippen LogP contribution in [0.3, 0.4) is 0 Å². The van der Waals surface area contributed by atoms with Crippen molar-refractivity contribution in [1.29, 1.82) is 5.26 Å². The van der Waals surface area contributed by atoms with Gasteiger partial charge in [-0.05, 0) is 36.8 Å². The minimum absolute atomic E-state index is 0.147. The molecule has 4 aromatic rings.